The number of nitrogens with one attached hydrogen (secondary N) is 2. The molecule has 5 heteroatoms. The zero-order valence-electron chi connectivity index (χ0n) is 12.4. The van der Waals surface area contributed by atoms with Crippen LogP contribution in [0.5, 0.6) is 0 Å². The average Bonchev–Trinajstić information content (AvgIpc) is 2.91. The summed E-state index contributed by atoms with van der Waals surface area (Å²) in [6.07, 6.45) is 1.26. The number of para-hydroxylation sites is 1. The quantitative estimate of drug-likeness (QED) is 0.734. The number of rotatable bonds is 5. The molecule has 0 aliphatic carbocycles. The Bertz CT molecular complexity index is 607. The van der Waals surface area contributed by atoms with Gasteiger partial charge in [-0.15, -0.1) is 0 Å². The molecule has 0 saturated heterocycles. The average molecular weight is 290 g/mol. The Morgan fingerprint density at radius 2 is 2.05 bits per heavy atom. The summed E-state index contributed by atoms with van der Waals surface area (Å²) in [4.78, 5) is 3.51. The van der Waals surface area contributed by atoms with Crippen molar-refractivity contribution in [3.8, 4) is 0 Å². The molecule has 1 aromatic carbocycles. The number of ether oxygens (including phenoxy) is 2. The zero-order chi connectivity index (χ0) is 14.8. The van der Waals surface area contributed by atoms with E-state index < -0.39 is 0 Å². The topological polar surface area (TPSA) is 66.5 Å². The number of benzene rings is 1. The fourth-order valence-electron chi connectivity index (χ4n) is 3.20. The van der Waals surface area contributed by atoms with Crippen LogP contribution in [0.4, 0.5) is 0 Å². The molecular weight excluding hydrogens is 268 g/mol. The summed E-state index contributed by atoms with van der Waals surface area (Å²) < 4.78 is 10.6. The van der Waals surface area contributed by atoms with Gasteiger partial charge in [0.2, 0.25) is 0 Å². The van der Waals surface area contributed by atoms with E-state index in [1.165, 1.54) is 16.6 Å². The molecule has 0 amide bonds. The number of H-pyrrole nitrogens is 1. The number of methoxy groups -OCH3 is 2. The van der Waals surface area contributed by atoms with Crippen molar-refractivity contribution in [1.29, 1.82) is 0 Å². The molecule has 114 valence electrons. The minimum absolute atomic E-state index is 0.0658. The first-order chi connectivity index (χ1) is 10.3. The number of aliphatic hydroxyl groups excluding tert-OH is 1. The van der Waals surface area contributed by atoms with Crippen molar-refractivity contribution in [3.05, 3.63) is 35.5 Å². The van der Waals surface area contributed by atoms with Crippen molar-refractivity contribution in [2.24, 2.45) is 0 Å². The molecule has 5 nitrogen and oxygen atoms in total. The molecule has 1 unspecified atom stereocenters. The summed E-state index contributed by atoms with van der Waals surface area (Å²) in [7, 11) is 3.29. The molecular formula is C16H22N2O3. The third-order valence-electron chi connectivity index (χ3n) is 4.26. The molecule has 0 saturated carbocycles. The van der Waals surface area contributed by atoms with Crippen molar-refractivity contribution >= 4 is 10.9 Å². The van der Waals surface area contributed by atoms with Gasteiger partial charge in [-0.1, -0.05) is 18.2 Å². The van der Waals surface area contributed by atoms with Crippen LogP contribution < -0.4 is 5.32 Å². The fourth-order valence-corrected chi connectivity index (χ4v) is 3.20. The van der Waals surface area contributed by atoms with E-state index in [0.29, 0.717) is 6.42 Å². The molecule has 1 aliphatic heterocycles. The van der Waals surface area contributed by atoms with Gasteiger partial charge in [0.1, 0.15) is 0 Å². The molecule has 0 spiro atoms. The summed E-state index contributed by atoms with van der Waals surface area (Å²) in [6, 6.07) is 8.45. The van der Waals surface area contributed by atoms with E-state index >= 15 is 0 Å². The van der Waals surface area contributed by atoms with Crippen molar-refractivity contribution in [2.45, 2.75) is 31.2 Å². The summed E-state index contributed by atoms with van der Waals surface area (Å²) in [5.41, 5.74) is 3.61. The summed E-state index contributed by atoms with van der Waals surface area (Å²) in [6.45, 7) is 0.125. The standard InChI is InChI=1S/C16H22N2O3/c1-20-15(21-2)8-14-16-12(7-10(9-19)17-14)11-5-3-4-6-13(11)18-16/h3-6,10,14-15,17-19H,7-9H2,1-2H3/t10-,14?/m0/s1. The van der Waals surface area contributed by atoms with Gasteiger partial charge in [0.15, 0.2) is 6.29 Å². The first-order valence-corrected chi connectivity index (χ1v) is 7.28. The van der Waals surface area contributed by atoms with Gasteiger partial charge in [0.25, 0.3) is 0 Å². The van der Waals surface area contributed by atoms with Crippen molar-refractivity contribution < 1.29 is 14.6 Å². The van der Waals surface area contributed by atoms with Crippen molar-refractivity contribution in [3.63, 3.8) is 0 Å². The molecule has 21 heavy (non-hydrogen) atoms. The highest BCUT2D eigenvalue weighted by Crippen LogP contribution is 2.34. The monoisotopic (exact) mass is 290 g/mol. The van der Waals surface area contributed by atoms with Gasteiger partial charge in [-0.3, -0.25) is 0 Å². The van der Waals surface area contributed by atoms with E-state index in [9.17, 15) is 5.11 Å². The second kappa shape index (κ2) is 6.15. The Morgan fingerprint density at radius 1 is 1.29 bits per heavy atom. The number of hydrogen-bond acceptors (Lipinski definition) is 4. The van der Waals surface area contributed by atoms with Gasteiger partial charge in [0, 0.05) is 43.3 Å². The number of aromatic nitrogens is 1. The second-order valence-corrected chi connectivity index (χ2v) is 5.50. The summed E-state index contributed by atoms with van der Waals surface area (Å²) in [5, 5.41) is 14.3. The van der Waals surface area contributed by atoms with Gasteiger partial charge in [-0.25, -0.2) is 0 Å². The van der Waals surface area contributed by atoms with Gasteiger partial charge >= 0.3 is 0 Å². The highest BCUT2D eigenvalue weighted by molar-refractivity contribution is 5.85. The highest BCUT2D eigenvalue weighted by atomic mass is 16.7. The first kappa shape index (κ1) is 14.5. The van der Waals surface area contributed by atoms with Crippen LogP contribution in [0.3, 0.4) is 0 Å². The molecule has 2 atom stereocenters. The third-order valence-corrected chi connectivity index (χ3v) is 4.26. The minimum Gasteiger partial charge on any atom is -0.395 e. The number of aromatic amines is 1. The Kier molecular flexibility index (Phi) is 4.26. The molecule has 0 radical (unpaired) electrons. The lowest BCUT2D eigenvalue weighted by atomic mass is 9.92. The number of hydrogen-bond donors (Lipinski definition) is 3. The van der Waals surface area contributed by atoms with Crippen molar-refractivity contribution in [1.82, 2.24) is 10.3 Å². The smallest absolute Gasteiger partial charge is 0.158 e. The Balaban J connectivity index is 1.99. The lowest BCUT2D eigenvalue weighted by Gasteiger charge is -2.32. The van der Waals surface area contributed by atoms with Gasteiger partial charge in [-0.05, 0) is 18.1 Å². The van der Waals surface area contributed by atoms with E-state index in [4.69, 9.17) is 9.47 Å². The molecule has 0 bridgehead atoms. The number of aliphatic hydroxyl groups is 1. The lowest BCUT2D eigenvalue weighted by Crippen LogP contribution is -2.43. The molecule has 1 aromatic heterocycles. The van der Waals surface area contributed by atoms with Crippen LogP contribution in [-0.4, -0.2) is 43.2 Å². The van der Waals surface area contributed by atoms with Crippen LogP contribution in [0.1, 0.15) is 23.7 Å². The molecule has 3 rings (SSSR count). The Morgan fingerprint density at radius 3 is 2.76 bits per heavy atom. The minimum atomic E-state index is -0.265. The summed E-state index contributed by atoms with van der Waals surface area (Å²) in [5.74, 6) is 0. The molecule has 2 aromatic rings. The number of fused-ring (bicyclic) bond motifs is 3. The van der Waals surface area contributed by atoms with Crippen molar-refractivity contribution in [2.75, 3.05) is 20.8 Å². The van der Waals surface area contributed by atoms with Crippen LogP contribution in [0, 0.1) is 0 Å². The maximum Gasteiger partial charge on any atom is 0.158 e. The van der Waals surface area contributed by atoms with Crippen LogP contribution >= 0.6 is 0 Å². The normalized spacial score (nSPS) is 21.9. The van der Waals surface area contributed by atoms with E-state index in [2.05, 4.69) is 28.5 Å². The van der Waals surface area contributed by atoms with Crippen LogP contribution in [-0.2, 0) is 15.9 Å². The molecule has 1 aliphatic rings. The second-order valence-electron chi connectivity index (χ2n) is 5.50. The van der Waals surface area contributed by atoms with E-state index in [0.717, 1.165) is 11.9 Å². The molecule has 0 fully saturated rings. The predicted molar refractivity (Wildman–Crippen MR) is 81.2 cm³/mol. The van der Waals surface area contributed by atoms with E-state index in [-0.39, 0.29) is 25.0 Å². The third kappa shape index (κ3) is 2.70. The van der Waals surface area contributed by atoms with Gasteiger partial charge in [0.05, 0.1) is 12.6 Å². The Hall–Kier alpha value is -1.40. The summed E-state index contributed by atoms with van der Waals surface area (Å²) >= 11 is 0. The SMILES string of the molecule is COC(CC1N[C@H](CO)Cc2c1[nH]c1ccccc21)OC. The maximum absolute atomic E-state index is 9.56. The zero-order valence-corrected chi connectivity index (χ0v) is 12.4. The van der Waals surface area contributed by atoms with Gasteiger partial charge in [-0.2, -0.15) is 0 Å². The molecule has 3 N–H and O–H groups in total. The van der Waals surface area contributed by atoms with E-state index in [1.807, 2.05) is 6.07 Å². The fraction of sp³-hybridized carbons (Fsp3) is 0.500. The lowest BCUT2D eigenvalue weighted by molar-refractivity contribution is -0.112. The first-order valence-electron chi connectivity index (χ1n) is 7.28. The van der Waals surface area contributed by atoms with Gasteiger partial charge < -0.3 is 24.9 Å². The maximum atomic E-state index is 9.56. The van der Waals surface area contributed by atoms with Crippen LogP contribution in [0.2, 0.25) is 0 Å². The highest BCUT2D eigenvalue weighted by Gasteiger charge is 2.30. The predicted octanol–water partition coefficient (Wildman–Crippen LogP) is 1.72. The molecule has 2 heterocycles. The van der Waals surface area contributed by atoms with E-state index in [1.54, 1.807) is 14.2 Å². The van der Waals surface area contributed by atoms with Crippen LogP contribution in [0.25, 0.3) is 10.9 Å². The van der Waals surface area contributed by atoms with Crippen LogP contribution in [0.15, 0.2) is 24.3 Å². The largest absolute Gasteiger partial charge is 0.395 e. The Labute approximate surface area is 124 Å².